The molecule has 1 aliphatic rings. The van der Waals surface area contributed by atoms with Crippen molar-refractivity contribution in [2.45, 2.75) is 40.5 Å². The molecule has 0 spiro atoms. The van der Waals surface area contributed by atoms with Gasteiger partial charge in [0.25, 0.3) is 0 Å². The maximum atomic E-state index is 4.00. The molecule has 0 N–H and O–H groups in total. The molecule has 0 nitrogen and oxygen atoms in total. The van der Waals surface area contributed by atoms with E-state index >= 15 is 0 Å². The van der Waals surface area contributed by atoms with Crippen molar-refractivity contribution in [1.82, 2.24) is 0 Å². The van der Waals surface area contributed by atoms with E-state index in [9.17, 15) is 0 Å². The van der Waals surface area contributed by atoms with Crippen LogP contribution in [0, 0.1) is 23.2 Å². The van der Waals surface area contributed by atoms with Crippen molar-refractivity contribution in [3.63, 3.8) is 0 Å². The van der Waals surface area contributed by atoms with Crippen LogP contribution in [0.3, 0.4) is 0 Å². The van der Waals surface area contributed by atoms with Gasteiger partial charge in [0.05, 0.1) is 0 Å². The van der Waals surface area contributed by atoms with Gasteiger partial charge in [0.1, 0.15) is 0 Å². The van der Waals surface area contributed by atoms with Crippen LogP contribution in [-0.2, 0) is 0 Å². The van der Waals surface area contributed by atoms with Gasteiger partial charge in [-0.1, -0.05) is 33.8 Å². The molecule has 0 amide bonds. The molecule has 0 aliphatic heterocycles. The van der Waals surface area contributed by atoms with E-state index in [1.54, 1.807) is 0 Å². The smallest absolute Gasteiger partial charge is 0.00926 e. The topological polar surface area (TPSA) is 0 Å². The van der Waals surface area contributed by atoms with E-state index in [0.29, 0.717) is 5.41 Å². The monoisotopic (exact) mass is 166 g/mol. The van der Waals surface area contributed by atoms with E-state index < -0.39 is 0 Å². The van der Waals surface area contributed by atoms with E-state index in [-0.39, 0.29) is 0 Å². The van der Waals surface area contributed by atoms with Crippen molar-refractivity contribution in [3.05, 3.63) is 12.7 Å². The highest BCUT2D eigenvalue weighted by atomic mass is 14.5. The molecule has 1 saturated carbocycles. The van der Waals surface area contributed by atoms with Crippen molar-refractivity contribution in [2.24, 2.45) is 23.2 Å². The van der Waals surface area contributed by atoms with Crippen molar-refractivity contribution < 1.29 is 0 Å². The quantitative estimate of drug-likeness (QED) is 0.546. The Kier molecular flexibility index (Phi) is 2.65. The minimum absolute atomic E-state index is 0.443. The fourth-order valence-electron chi connectivity index (χ4n) is 2.56. The van der Waals surface area contributed by atoms with Gasteiger partial charge < -0.3 is 0 Å². The number of rotatable bonds is 2. The van der Waals surface area contributed by atoms with Crippen LogP contribution in [0.5, 0.6) is 0 Å². The van der Waals surface area contributed by atoms with Gasteiger partial charge in [-0.2, -0.15) is 0 Å². The Hall–Kier alpha value is -0.260. The molecular formula is C12H22. The summed E-state index contributed by atoms with van der Waals surface area (Å²) in [6.07, 6.45) is 4.89. The predicted octanol–water partition coefficient (Wildman–Crippen LogP) is 3.88. The van der Waals surface area contributed by atoms with Crippen LogP contribution in [0.25, 0.3) is 0 Å². The largest absolute Gasteiger partial charge is 0.103 e. The summed E-state index contributed by atoms with van der Waals surface area (Å²) in [5.41, 5.74) is 0.443. The molecule has 0 bridgehead atoms. The second-order valence-corrected chi connectivity index (χ2v) is 4.95. The molecule has 1 rings (SSSR count). The SMILES string of the molecule is C=CC1(C(C)C)CC(C)C(C)C1. The van der Waals surface area contributed by atoms with Gasteiger partial charge >= 0.3 is 0 Å². The van der Waals surface area contributed by atoms with Gasteiger partial charge in [-0.15, -0.1) is 6.58 Å². The van der Waals surface area contributed by atoms with Crippen molar-refractivity contribution in [3.8, 4) is 0 Å². The molecule has 12 heavy (non-hydrogen) atoms. The third-order valence-corrected chi connectivity index (χ3v) is 3.93. The summed E-state index contributed by atoms with van der Waals surface area (Å²) in [7, 11) is 0. The molecule has 0 saturated heterocycles. The maximum Gasteiger partial charge on any atom is -0.00926 e. The van der Waals surface area contributed by atoms with Gasteiger partial charge in [-0.05, 0) is 36.0 Å². The highest BCUT2D eigenvalue weighted by molar-refractivity contribution is 5.03. The maximum absolute atomic E-state index is 4.00. The summed E-state index contributed by atoms with van der Waals surface area (Å²) in [5, 5.41) is 0. The zero-order valence-corrected chi connectivity index (χ0v) is 8.93. The molecule has 0 aromatic carbocycles. The minimum atomic E-state index is 0.443. The zero-order chi connectivity index (χ0) is 9.35. The number of hydrogen-bond donors (Lipinski definition) is 0. The molecule has 0 aromatic rings. The average Bonchev–Trinajstić information content (AvgIpc) is 2.29. The Bertz CT molecular complexity index is 157. The molecular weight excluding hydrogens is 144 g/mol. The van der Waals surface area contributed by atoms with E-state index in [4.69, 9.17) is 0 Å². The second kappa shape index (κ2) is 3.24. The normalized spacial score (nSPS) is 42.1. The van der Waals surface area contributed by atoms with Crippen LogP contribution in [0.1, 0.15) is 40.5 Å². The molecule has 2 unspecified atom stereocenters. The Morgan fingerprint density at radius 1 is 1.25 bits per heavy atom. The Labute approximate surface area is 77.1 Å². The molecule has 1 aliphatic carbocycles. The molecule has 0 radical (unpaired) electrons. The number of allylic oxidation sites excluding steroid dienone is 1. The first kappa shape index (κ1) is 9.83. The van der Waals surface area contributed by atoms with E-state index in [1.807, 2.05) is 0 Å². The van der Waals surface area contributed by atoms with Crippen LogP contribution < -0.4 is 0 Å². The van der Waals surface area contributed by atoms with Gasteiger partial charge in [0.15, 0.2) is 0 Å². The van der Waals surface area contributed by atoms with Crippen molar-refractivity contribution >= 4 is 0 Å². The van der Waals surface area contributed by atoms with Crippen LogP contribution in [0.4, 0.5) is 0 Å². The second-order valence-electron chi connectivity index (χ2n) is 4.95. The summed E-state index contributed by atoms with van der Waals surface area (Å²) in [6, 6.07) is 0. The van der Waals surface area contributed by atoms with Crippen LogP contribution in [0.2, 0.25) is 0 Å². The minimum Gasteiger partial charge on any atom is -0.103 e. The van der Waals surface area contributed by atoms with Crippen molar-refractivity contribution in [1.29, 1.82) is 0 Å². The third-order valence-electron chi connectivity index (χ3n) is 3.93. The van der Waals surface area contributed by atoms with Gasteiger partial charge in [0, 0.05) is 0 Å². The van der Waals surface area contributed by atoms with E-state index in [1.165, 1.54) is 12.8 Å². The van der Waals surface area contributed by atoms with E-state index in [2.05, 4.69) is 40.3 Å². The van der Waals surface area contributed by atoms with Crippen molar-refractivity contribution in [2.75, 3.05) is 0 Å². The van der Waals surface area contributed by atoms with Gasteiger partial charge in [-0.3, -0.25) is 0 Å². The number of hydrogen-bond acceptors (Lipinski definition) is 0. The zero-order valence-electron chi connectivity index (χ0n) is 8.93. The lowest BCUT2D eigenvalue weighted by atomic mass is 9.75. The molecule has 0 heterocycles. The highest BCUT2D eigenvalue weighted by Crippen LogP contribution is 2.50. The van der Waals surface area contributed by atoms with Gasteiger partial charge in [-0.25, -0.2) is 0 Å². The molecule has 0 heteroatoms. The Balaban J connectivity index is 2.78. The summed E-state index contributed by atoms with van der Waals surface area (Å²) >= 11 is 0. The lowest BCUT2D eigenvalue weighted by molar-refractivity contribution is 0.263. The third kappa shape index (κ3) is 1.44. The first-order valence-electron chi connectivity index (χ1n) is 5.15. The van der Waals surface area contributed by atoms with Crippen LogP contribution >= 0.6 is 0 Å². The van der Waals surface area contributed by atoms with E-state index in [0.717, 1.165) is 17.8 Å². The Morgan fingerprint density at radius 3 is 1.83 bits per heavy atom. The standard InChI is InChI=1S/C12H22/c1-6-12(9(2)3)7-10(4)11(5)8-12/h6,9-11H,1,7-8H2,2-5H3. The summed E-state index contributed by atoms with van der Waals surface area (Å²) in [6.45, 7) is 13.4. The fourth-order valence-corrected chi connectivity index (χ4v) is 2.56. The lowest BCUT2D eigenvalue weighted by Gasteiger charge is -2.30. The summed E-state index contributed by atoms with van der Waals surface area (Å²) in [5.74, 6) is 2.51. The average molecular weight is 166 g/mol. The first-order chi connectivity index (χ1) is 5.52. The molecule has 1 fully saturated rings. The fraction of sp³-hybridized carbons (Fsp3) is 0.833. The highest BCUT2D eigenvalue weighted by Gasteiger charge is 2.41. The molecule has 70 valence electrons. The van der Waals surface area contributed by atoms with Crippen LogP contribution in [-0.4, -0.2) is 0 Å². The molecule has 0 aromatic heterocycles. The summed E-state index contributed by atoms with van der Waals surface area (Å²) < 4.78 is 0. The van der Waals surface area contributed by atoms with Gasteiger partial charge in [0.2, 0.25) is 0 Å². The Morgan fingerprint density at radius 2 is 1.67 bits per heavy atom. The van der Waals surface area contributed by atoms with Crippen LogP contribution in [0.15, 0.2) is 12.7 Å². The first-order valence-corrected chi connectivity index (χ1v) is 5.15. The molecule has 2 atom stereocenters. The summed E-state index contributed by atoms with van der Waals surface area (Å²) in [4.78, 5) is 0. The lowest BCUT2D eigenvalue weighted by Crippen LogP contribution is -2.21. The predicted molar refractivity (Wildman–Crippen MR) is 55.0 cm³/mol.